The maximum atomic E-state index is 5.82. The second-order valence-electron chi connectivity index (χ2n) is 4.79. The van der Waals surface area contributed by atoms with E-state index in [9.17, 15) is 0 Å². The molecule has 0 aliphatic heterocycles. The maximum absolute atomic E-state index is 5.82. The lowest BCUT2D eigenvalue weighted by molar-refractivity contribution is -0.100. The minimum atomic E-state index is -0.162. The van der Waals surface area contributed by atoms with Gasteiger partial charge in [-0.25, -0.2) is 0 Å². The molecule has 2 N–H and O–H groups in total. The van der Waals surface area contributed by atoms with Crippen LogP contribution in [0.25, 0.3) is 0 Å². The van der Waals surface area contributed by atoms with Crippen LogP contribution < -0.4 is 5.73 Å². The molecule has 94 valence electrons. The van der Waals surface area contributed by atoms with Gasteiger partial charge < -0.3 is 15.2 Å². The van der Waals surface area contributed by atoms with E-state index in [1.807, 2.05) is 0 Å². The van der Waals surface area contributed by atoms with Crippen LogP contribution in [0.5, 0.6) is 0 Å². The van der Waals surface area contributed by atoms with Crippen molar-refractivity contribution in [3.63, 3.8) is 0 Å². The van der Waals surface area contributed by atoms with E-state index in [0.29, 0.717) is 0 Å². The summed E-state index contributed by atoms with van der Waals surface area (Å²) in [6.07, 6.45) is 3.07. The van der Waals surface area contributed by atoms with Gasteiger partial charge in [-0.1, -0.05) is 24.3 Å². The van der Waals surface area contributed by atoms with Crippen LogP contribution in [-0.4, -0.2) is 27.1 Å². The Bertz CT molecular complexity index is 353. The molecule has 1 saturated carbocycles. The van der Waals surface area contributed by atoms with Crippen molar-refractivity contribution in [2.24, 2.45) is 5.73 Å². The SMILES string of the molecule is COC(Cc1ccc(C2(CN)CC2)cc1)OC. The molecule has 1 aromatic carbocycles. The van der Waals surface area contributed by atoms with Crippen LogP contribution in [0, 0.1) is 0 Å². The summed E-state index contributed by atoms with van der Waals surface area (Å²) in [6, 6.07) is 8.68. The topological polar surface area (TPSA) is 44.5 Å². The zero-order valence-corrected chi connectivity index (χ0v) is 10.6. The second kappa shape index (κ2) is 5.17. The third-order valence-corrected chi connectivity index (χ3v) is 3.74. The van der Waals surface area contributed by atoms with Gasteiger partial charge in [0.15, 0.2) is 6.29 Å². The normalized spacial score (nSPS) is 17.4. The van der Waals surface area contributed by atoms with Crippen LogP contribution in [0.15, 0.2) is 24.3 Å². The summed E-state index contributed by atoms with van der Waals surface area (Å²) in [5.74, 6) is 0. The fourth-order valence-electron chi connectivity index (χ4n) is 2.21. The van der Waals surface area contributed by atoms with Gasteiger partial charge in [-0.3, -0.25) is 0 Å². The first-order valence-electron chi connectivity index (χ1n) is 6.09. The molecule has 0 spiro atoms. The summed E-state index contributed by atoms with van der Waals surface area (Å²) in [5, 5.41) is 0. The second-order valence-corrected chi connectivity index (χ2v) is 4.79. The zero-order valence-electron chi connectivity index (χ0n) is 10.6. The summed E-state index contributed by atoms with van der Waals surface area (Å²) in [4.78, 5) is 0. The first-order chi connectivity index (χ1) is 8.24. The Balaban J connectivity index is 2.03. The van der Waals surface area contributed by atoms with E-state index < -0.39 is 0 Å². The maximum Gasteiger partial charge on any atom is 0.160 e. The highest BCUT2D eigenvalue weighted by molar-refractivity contribution is 5.34. The fourth-order valence-corrected chi connectivity index (χ4v) is 2.21. The van der Waals surface area contributed by atoms with Gasteiger partial charge in [0.05, 0.1) is 0 Å². The lowest BCUT2D eigenvalue weighted by Gasteiger charge is -2.15. The highest BCUT2D eigenvalue weighted by Crippen LogP contribution is 2.47. The van der Waals surface area contributed by atoms with E-state index in [1.54, 1.807) is 14.2 Å². The number of nitrogens with two attached hydrogens (primary N) is 1. The lowest BCUT2D eigenvalue weighted by atomic mass is 9.95. The predicted octanol–water partition coefficient (Wildman–Crippen LogP) is 1.84. The zero-order chi connectivity index (χ0) is 12.3. The van der Waals surface area contributed by atoms with Crippen LogP contribution in [0.1, 0.15) is 24.0 Å². The van der Waals surface area contributed by atoms with Gasteiger partial charge in [0.25, 0.3) is 0 Å². The molecule has 0 radical (unpaired) electrons. The monoisotopic (exact) mass is 235 g/mol. The van der Waals surface area contributed by atoms with Crippen molar-refractivity contribution >= 4 is 0 Å². The van der Waals surface area contributed by atoms with Crippen LogP contribution in [0.3, 0.4) is 0 Å². The molecule has 0 amide bonds. The average Bonchev–Trinajstić information content (AvgIpc) is 3.17. The highest BCUT2D eigenvalue weighted by Gasteiger charge is 2.42. The van der Waals surface area contributed by atoms with Crippen LogP contribution in [-0.2, 0) is 21.3 Å². The number of benzene rings is 1. The molecule has 1 fully saturated rings. The number of methoxy groups -OCH3 is 2. The Hall–Kier alpha value is -0.900. The largest absolute Gasteiger partial charge is 0.356 e. The number of hydrogen-bond acceptors (Lipinski definition) is 3. The van der Waals surface area contributed by atoms with Gasteiger partial charge in [-0.15, -0.1) is 0 Å². The van der Waals surface area contributed by atoms with E-state index in [4.69, 9.17) is 15.2 Å². The van der Waals surface area contributed by atoms with E-state index >= 15 is 0 Å². The minimum absolute atomic E-state index is 0.162. The smallest absolute Gasteiger partial charge is 0.160 e. The fraction of sp³-hybridized carbons (Fsp3) is 0.571. The van der Waals surface area contributed by atoms with Crippen molar-refractivity contribution in [3.8, 4) is 0 Å². The van der Waals surface area contributed by atoms with Crippen molar-refractivity contribution < 1.29 is 9.47 Å². The van der Waals surface area contributed by atoms with Crippen molar-refractivity contribution in [1.82, 2.24) is 0 Å². The average molecular weight is 235 g/mol. The Morgan fingerprint density at radius 3 is 2.18 bits per heavy atom. The van der Waals surface area contributed by atoms with Crippen LogP contribution >= 0.6 is 0 Å². The van der Waals surface area contributed by atoms with Gasteiger partial charge in [-0.2, -0.15) is 0 Å². The molecule has 1 aromatic rings. The molecule has 0 bridgehead atoms. The van der Waals surface area contributed by atoms with E-state index in [0.717, 1.165) is 13.0 Å². The molecule has 3 heteroatoms. The van der Waals surface area contributed by atoms with Crippen LogP contribution in [0.4, 0.5) is 0 Å². The van der Waals surface area contributed by atoms with Crippen molar-refractivity contribution in [3.05, 3.63) is 35.4 Å². The summed E-state index contributed by atoms with van der Waals surface area (Å²) in [5.41, 5.74) is 8.70. The van der Waals surface area contributed by atoms with Crippen LogP contribution in [0.2, 0.25) is 0 Å². The standard InChI is InChI=1S/C14H21NO2/c1-16-13(17-2)9-11-3-5-12(6-4-11)14(10-15)7-8-14/h3-6,13H,7-10,15H2,1-2H3. The molecule has 3 nitrogen and oxygen atoms in total. The molecule has 0 heterocycles. The molecule has 17 heavy (non-hydrogen) atoms. The highest BCUT2D eigenvalue weighted by atomic mass is 16.7. The van der Waals surface area contributed by atoms with Gasteiger partial charge in [0, 0.05) is 32.6 Å². The summed E-state index contributed by atoms with van der Waals surface area (Å²) in [6.45, 7) is 0.755. The molecule has 0 unspecified atom stereocenters. The molecule has 0 saturated heterocycles. The third kappa shape index (κ3) is 2.68. The van der Waals surface area contributed by atoms with Crippen molar-refractivity contribution in [1.29, 1.82) is 0 Å². The first kappa shape index (κ1) is 12.6. The molecule has 1 aliphatic rings. The number of ether oxygens (including phenoxy) is 2. The van der Waals surface area contributed by atoms with Gasteiger partial charge >= 0.3 is 0 Å². The first-order valence-corrected chi connectivity index (χ1v) is 6.09. The Morgan fingerprint density at radius 1 is 1.18 bits per heavy atom. The van der Waals surface area contributed by atoms with Gasteiger partial charge in [0.1, 0.15) is 0 Å². The van der Waals surface area contributed by atoms with Crippen molar-refractivity contribution in [2.75, 3.05) is 20.8 Å². The summed E-state index contributed by atoms with van der Waals surface area (Å²) < 4.78 is 10.4. The molecule has 0 atom stereocenters. The van der Waals surface area contributed by atoms with Crippen molar-refractivity contribution in [2.45, 2.75) is 31.0 Å². The molecule has 0 aromatic heterocycles. The Kier molecular flexibility index (Phi) is 3.82. The van der Waals surface area contributed by atoms with E-state index in [1.165, 1.54) is 24.0 Å². The lowest BCUT2D eigenvalue weighted by Crippen LogP contribution is -2.20. The number of hydrogen-bond donors (Lipinski definition) is 1. The number of rotatable bonds is 6. The molecular formula is C14H21NO2. The van der Waals surface area contributed by atoms with Gasteiger partial charge in [0.2, 0.25) is 0 Å². The Labute approximate surface area is 103 Å². The quantitative estimate of drug-likeness (QED) is 0.765. The van der Waals surface area contributed by atoms with E-state index in [2.05, 4.69) is 24.3 Å². The summed E-state index contributed by atoms with van der Waals surface area (Å²) >= 11 is 0. The molecule has 2 rings (SSSR count). The Morgan fingerprint density at radius 2 is 1.76 bits per heavy atom. The third-order valence-electron chi connectivity index (χ3n) is 3.74. The summed E-state index contributed by atoms with van der Waals surface area (Å²) in [7, 11) is 3.33. The molecular weight excluding hydrogens is 214 g/mol. The van der Waals surface area contributed by atoms with E-state index in [-0.39, 0.29) is 11.7 Å². The molecule has 1 aliphatic carbocycles. The predicted molar refractivity (Wildman–Crippen MR) is 67.9 cm³/mol. The van der Waals surface area contributed by atoms with Gasteiger partial charge in [-0.05, 0) is 24.0 Å². The minimum Gasteiger partial charge on any atom is -0.356 e.